The summed E-state index contributed by atoms with van der Waals surface area (Å²) in [5.41, 5.74) is 0.976. The predicted octanol–water partition coefficient (Wildman–Crippen LogP) is 2.00. The molecule has 2 heterocycles. The molecule has 1 aliphatic heterocycles. The predicted molar refractivity (Wildman–Crippen MR) is 69.9 cm³/mol. The van der Waals surface area contributed by atoms with Gasteiger partial charge in [0.1, 0.15) is 17.5 Å². The number of hydrogen-bond acceptors (Lipinski definition) is 3. The molecule has 0 saturated heterocycles. The third-order valence-electron chi connectivity index (χ3n) is 3.44. The van der Waals surface area contributed by atoms with Gasteiger partial charge in [-0.25, -0.2) is 4.39 Å². The molecule has 1 aromatic carbocycles. The second-order valence-corrected chi connectivity index (χ2v) is 5.09. The van der Waals surface area contributed by atoms with Crippen LogP contribution in [0.5, 0.6) is 0 Å². The van der Waals surface area contributed by atoms with E-state index in [-0.39, 0.29) is 5.82 Å². The molecule has 0 amide bonds. The van der Waals surface area contributed by atoms with Gasteiger partial charge in [-0.15, -0.1) is 10.2 Å². The number of aryl methyl sites for hydroxylation is 1. The molecule has 0 aliphatic carbocycles. The monoisotopic (exact) mass is 260 g/mol. The van der Waals surface area contributed by atoms with E-state index in [0.717, 1.165) is 43.1 Å². The van der Waals surface area contributed by atoms with Crippen molar-refractivity contribution in [3.05, 3.63) is 47.3 Å². The van der Waals surface area contributed by atoms with Crippen molar-refractivity contribution >= 4 is 0 Å². The molecule has 0 unspecified atom stereocenters. The zero-order chi connectivity index (χ0) is 13.2. The van der Waals surface area contributed by atoms with Crippen LogP contribution in [0.15, 0.2) is 24.3 Å². The Hall–Kier alpha value is -1.75. The quantitative estimate of drug-likeness (QED) is 0.843. The summed E-state index contributed by atoms with van der Waals surface area (Å²) in [5, 5.41) is 8.43. The van der Waals surface area contributed by atoms with Crippen LogP contribution in [0.3, 0.4) is 0 Å². The molecule has 0 spiro atoms. The van der Waals surface area contributed by atoms with Gasteiger partial charge in [0.2, 0.25) is 0 Å². The molecular weight excluding hydrogens is 243 g/mol. The van der Waals surface area contributed by atoms with Crippen LogP contribution in [-0.4, -0.2) is 26.7 Å². The Morgan fingerprint density at radius 3 is 3.05 bits per heavy atom. The summed E-state index contributed by atoms with van der Waals surface area (Å²) in [6.45, 7) is 2.47. The van der Waals surface area contributed by atoms with Gasteiger partial charge >= 0.3 is 0 Å². The van der Waals surface area contributed by atoms with E-state index in [2.05, 4.69) is 19.7 Å². The van der Waals surface area contributed by atoms with Gasteiger partial charge in [-0.05, 0) is 31.2 Å². The molecule has 3 rings (SSSR count). The standard InChI is InChI=1S/C14H17FN4/c1-18(9-11-4-2-5-12(15)8-11)10-14-17-16-13-6-3-7-19(13)14/h2,4-5,8H,3,6-7,9-10H2,1H3. The molecule has 1 aromatic heterocycles. The molecule has 0 radical (unpaired) electrons. The van der Waals surface area contributed by atoms with Gasteiger partial charge in [-0.3, -0.25) is 4.90 Å². The van der Waals surface area contributed by atoms with Crippen LogP contribution in [0.25, 0.3) is 0 Å². The van der Waals surface area contributed by atoms with Crippen molar-refractivity contribution in [3.8, 4) is 0 Å². The van der Waals surface area contributed by atoms with Gasteiger partial charge in [0.25, 0.3) is 0 Å². The van der Waals surface area contributed by atoms with E-state index in [1.54, 1.807) is 12.1 Å². The van der Waals surface area contributed by atoms with Crippen molar-refractivity contribution in [3.63, 3.8) is 0 Å². The lowest BCUT2D eigenvalue weighted by Gasteiger charge is -2.16. The largest absolute Gasteiger partial charge is 0.314 e. The summed E-state index contributed by atoms with van der Waals surface area (Å²) in [6.07, 6.45) is 2.19. The highest BCUT2D eigenvalue weighted by molar-refractivity contribution is 5.16. The fourth-order valence-corrected chi connectivity index (χ4v) is 2.57. The third kappa shape index (κ3) is 2.66. The molecular formula is C14H17FN4. The summed E-state index contributed by atoms with van der Waals surface area (Å²) >= 11 is 0. The number of halogens is 1. The molecule has 100 valence electrons. The lowest BCUT2D eigenvalue weighted by atomic mass is 10.2. The number of benzene rings is 1. The summed E-state index contributed by atoms with van der Waals surface area (Å²) in [6, 6.07) is 6.72. The minimum Gasteiger partial charge on any atom is -0.314 e. The zero-order valence-corrected chi connectivity index (χ0v) is 11.0. The average Bonchev–Trinajstić information content (AvgIpc) is 2.94. The van der Waals surface area contributed by atoms with E-state index in [0.29, 0.717) is 6.54 Å². The second-order valence-electron chi connectivity index (χ2n) is 5.09. The first kappa shape index (κ1) is 12.3. The maximum absolute atomic E-state index is 13.1. The minimum absolute atomic E-state index is 0.186. The van der Waals surface area contributed by atoms with E-state index in [9.17, 15) is 4.39 Å². The summed E-state index contributed by atoms with van der Waals surface area (Å²) < 4.78 is 15.3. The number of rotatable bonds is 4. The lowest BCUT2D eigenvalue weighted by molar-refractivity contribution is 0.304. The first-order valence-corrected chi connectivity index (χ1v) is 6.56. The fourth-order valence-electron chi connectivity index (χ4n) is 2.57. The van der Waals surface area contributed by atoms with Crippen molar-refractivity contribution in [2.24, 2.45) is 0 Å². The molecule has 0 N–H and O–H groups in total. The molecule has 2 aromatic rings. The van der Waals surface area contributed by atoms with Gasteiger partial charge in [0.05, 0.1) is 6.54 Å². The number of hydrogen-bond donors (Lipinski definition) is 0. The van der Waals surface area contributed by atoms with Crippen LogP contribution < -0.4 is 0 Å². The van der Waals surface area contributed by atoms with Gasteiger partial charge in [-0.1, -0.05) is 12.1 Å². The highest BCUT2D eigenvalue weighted by Crippen LogP contribution is 2.15. The molecule has 1 aliphatic rings. The number of fused-ring (bicyclic) bond motifs is 1. The second kappa shape index (κ2) is 5.09. The summed E-state index contributed by atoms with van der Waals surface area (Å²) in [5.74, 6) is 1.91. The Morgan fingerprint density at radius 1 is 1.32 bits per heavy atom. The summed E-state index contributed by atoms with van der Waals surface area (Å²) in [4.78, 5) is 2.13. The fraction of sp³-hybridized carbons (Fsp3) is 0.429. The number of aromatic nitrogens is 3. The highest BCUT2D eigenvalue weighted by atomic mass is 19.1. The topological polar surface area (TPSA) is 34.0 Å². The Morgan fingerprint density at radius 2 is 2.21 bits per heavy atom. The zero-order valence-electron chi connectivity index (χ0n) is 11.0. The first-order chi connectivity index (χ1) is 9.22. The molecule has 0 atom stereocenters. The molecule has 0 saturated carbocycles. The highest BCUT2D eigenvalue weighted by Gasteiger charge is 2.18. The van der Waals surface area contributed by atoms with Crippen molar-refractivity contribution in [1.29, 1.82) is 0 Å². The van der Waals surface area contributed by atoms with Crippen LogP contribution in [0, 0.1) is 5.82 Å². The smallest absolute Gasteiger partial charge is 0.147 e. The van der Waals surface area contributed by atoms with Crippen LogP contribution in [0.2, 0.25) is 0 Å². The molecule has 4 nitrogen and oxygen atoms in total. The van der Waals surface area contributed by atoms with Crippen LogP contribution >= 0.6 is 0 Å². The van der Waals surface area contributed by atoms with Crippen LogP contribution in [0.4, 0.5) is 4.39 Å². The third-order valence-corrected chi connectivity index (χ3v) is 3.44. The van der Waals surface area contributed by atoms with Crippen molar-refractivity contribution in [1.82, 2.24) is 19.7 Å². The normalized spacial score (nSPS) is 14.1. The van der Waals surface area contributed by atoms with Gasteiger partial charge in [-0.2, -0.15) is 0 Å². The van der Waals surface area contributed by atoms with Gasteiger partial charge in [0, 0.05) is 19.5 Å². The van der Waals surface area contributed by atoms with Crippen molar-refractivity contribution in [2.75, 3.05) is 7.05 Å². The molecule has 0 bridgehead atoms. The van der Waals surface area contributed by atoms with Crippen molar-refractivity contribution < 1.29 is 4.39 Å². The van der Waals surface area contributed by atoms with E-state index < -0.39 is 0 Å². The maximum Gasteiger partial charge on any atom is 0.147 e. The maximum atomic E-state index is 13.1. The number of nitrogens with zero attached hydrogens (tertiary/aromatic N) is 4. The van der Waals surface area contributed by atoms with E-state index >= 15 is 0 Å². The average molecular weight is 260 g/mol. The molecule has 19 heavy (non-hydrogen) atoms. The van der Waals surface area contributed by atoms with E-state index in [4.69, 9.17) is 0 Å². The Bertz CT molecular complexity index is 579. The SMILES string of the molecule is CN(Cc1cccc(F)c1)Cc1nnc2n1CCC2. The van der Waals surface area contributed by atoms with Gasteiger partial charge in [0.15, 0.2) is 0 Å². The Balaban J connectivity index is 1.66. The lowest BCUT2D eigenvalue weighted by Crippen LogP contribution is -2.20. The molecule has 0 fully saturated rings. The Labute approximate surface area is 111 Å². The summed E-state index contributed by atoms with van der Waals surface area (Å²) in [7, 11) is 2.02. The van der Waals surface area contributed by atoms with Crippen LogP contribution in [-0.2, 0) is 26.1 Å². The minimum atomic E-state index is -0.186. The first-order valence-electron chi connectivity index (χ1n) is 6.56. The van der Waals surface area contributed by atoms with E-state index in [1.165, 1.54) is 6.07 Å². The van der Waals surface area contributed by atoms with Gasteiger partial charge < -0.3 is 4.57 Å². The van der Waals surface area contributed by atoms with Crippen molar-refractivity contribution in [2.45, 2.75) is 32.5 Å². The molecule has 5 heteroatoms. The Kier molecular flexibility index (Phi) is 3.29. The van der Waals surface area contributed by atoms with E-state index in [1.807, 2.05) is 13.1 Å². The van der Waals surface area contributed by atoms with Crippen LogP contribution in [0.1, 0.15) is 23.6 Å².